The number of rotatable bonds is 7. The van der Waals surface area contributed by atoms with Crippen molar-refractivity contribution in [3.63, 3.8) is 0 Å². The molecule has 0 unspecified atom stereocenters. The molecular weight excluding hydrogens is 422 g/mol. The zero-order valence-electron chi connectivity index (χ0n) is 18.5. The molecule has 2 N–H and O–H groups in total. The van der Waals surface area contributed by atoms with E-state index in [1.54, 1.807) is 18.2 Å². The fourth-order valence-electron chi connectivity index (χ4n) is 4.10. The van der Waals surface area contributed by atoms with Gasteiger partial charge in [-0.05, 0) is 45.1 Å². The van der Waals surface area contributed by atoms with Crippen LogP contribution in [-0.2, 0) is 22.7 Å². The predicted octanol–water partition coefficient (Wildman–Crippen LogP) is 1.67. The van der Waals surface area contributed by atoms with Crippen molar-refractivity contribution in [3.8, 4) is 22.6 Å². The Kier molecular flexibility index (Phi) is 6.69. The van der Waals surface area contributed by atoms with Gasteiger partial charge in [0, 0.05) is 17.7 Å². The third kappa shape index (κ3) is 5.38. The molecule has 0 aliphatic carbocycles. The van der Waals surface area contributed by atoms with Gasteiger partial charge in [0.1, 0.15) is 13.1 Å². The van der Waals surface area contributed by atoms with E-state index in [1.165, 1.54) is 15.3 Å². The largest absolute Gasteiger partial charge is 0.480 e. The number of carboxylic acid groups (broad SMARTS) is 1. The average Bonchev–Trinajstić information content (AvgIpc) is 3.20. The van der Waals surface area contributed by atoms with E-state index in [2.05, 4.69) is 22.4 Å². The van der Waals surface area contributed by atoms with Crippen molar-refractivity contribution in [2.75, 3.05) is 20.1 Å². The SMILES string of the molecule is CN1CCC(NC(=O)Cn2c(-c3cc(-c4ccccc4)nn3CC(=O)O)cccc2=O)CC1. The van der Waals surface area contributed by atoms with E-state index < -0.39 is 5.97 Å². The van der Waals surface area contributed by atoms with Crippen LogP contribution >= 0.6 is 0 Å². The summed E-state index contributed by atoms with van der Waals surface area (Å²) in [5.74, 6) is -1.30. The first-order chi connectivity index (χ1) is 15.9. The lowest BCUT2D eigenvalue weighted by molar-refractivity contribution is -0.137. The van der Waals surface area contributed by atoms with E-state index in [9.17, 15) is 19.5 Å². The number of pyridine rings is 1. The Labute approximate surface area is 191 Å². The Balaban J connectivity index is 1.66. The number of hydrogen-bond donors (Lipinski definition) is 2. The Morgan fingerprint density at radius 1 is 1.03 bits per heavy atom. The van der Waals surface area contributed by atoms with Gasteiger partial charge < -0.3 is 15.3 Å². The van der Waals surface area contributed by atoms with Crippen LogP contribution in [0.25, 0.3) is 22.6 Å². The highest BCUT2D eigenvalue weighted by Gasteiger charge is 2.21. The van der Waals surface area contributed by atoms with Crippen LogP contribution in [0.4, 0.5) is 0 Å². The van der Waals surface area contributed by atoms with E-state index in [0.717, 1.165) is 31.5 Å². The van der Waals surface area contributed by atoms with Crippen LogP contribution in [0.15, 0.2) is 59.4 Å². The number of carbonyl (C=O) groups excluding carboxylic acids is 1. The smallest absolute Gasteiger partial charge is 0.325 e. The number of aliphatic carboxylic acids is 1. The minimum Gasteiger partial charge on any atom is -0.480 e. The summed E-state index contributed by atoms with van der Waals surface area (Å²) in [6.45, 7) is 1.31. The first-order valence-corrected chi connectivity index (χ1v) is 10.9. The number of likely N-dealkylation sites (tertiary alicyclic amines) is 1. The maximum atomic E-state index is 12.8. The molecule has 0 atom stereocenters. The lowest BCUT2D eigenvalue weighted by atomic mass is 10.1. The third-order valence-electron chi connectivity index (χ3n) is 5.83. The van der Waals surface area contributed by atoms with Gasteiger partial charge in [0.2, 0.25) is 5.91 Å². The predicted molar refractivity (Wildman–Crippen MR) is 124 cm³/mol. The fraction of sp³-hybridized carbons (Fsp3) is 0.333. The standard InChI is InChI=1S/C24H27N5O4/c1-27-12-10-18(11-13-27)25-22(30)15-28-20(8-5-9-23(28)31)21-14-19(17-6-3-2-4-7-17)26-29(21)16-24(32)33/h2-9,14,18H,10-13,15-16H2,1H3,(H,25,30)(H,32,33). The molecule has 0 spiro atoms. The van der Waals surface area contributed by atoms with Crippen LogP contribution in [0.3, 0.4) is 0 Å². The van der Waals surface area contributed by atoms with Gasteiger partial charge in [0.25, 0.3) is 5.56 Å². The number of carbonyl (C=O) groups is 2. The van der Waals surface area contributed by atoms with Gasteiger partial charge in [-0.1, -0.05) is 36.4 Å². The molecule has 1 aliphatic rings. The first kappa shape index (κ1) is 22.5. The Morgan fingerprint density at radius 3 is 2.45 bits per heavy atom. The molecule has 0 saturated carbocycles. The van der Waals surface area contributed by atoms with E-state index in [4.69, 9.17) is 0 Å². The fourth-order valence-corrected chi connectivity index (χ4v) is 4.10. The molecule has 9 nitrogen and oxygen atoms in total. The molecule has 1 aliphatic heterocycles. The van der Waals surface area contributed by atoms with E-state index in [-0.39, 0.29) is 30.6 Å². The van der Waals surface area contributed by atoms with Gasteiger partial charge in [-0.15, -0.1) is 0 Å². The molecule has 1 fully saturated rings. The molecular formula is C24H27N5O4. The summed E-state index contributed by atoms with van der Waals surface area (Å²) in [5.41, 5.74) is 1.98. The summed E-state index contributed by atoms with van der Waals surface area (Å²) >= 11 is 0. The number of amides is 1. The van der Waals surface area contributed by atoms with Crippen LogP contribution in [0.1, 0.15) is 12.8 Å². The maximum absolute atomic E-state index is 12.8. The van der Waals surface area contributed by atoms with E-state index in [1.807, 2.05) is 30.3 Å². The number of piperidine rings is 1. The quantitative estimate of drug-likeness (QED) is 0.568. The van der Waals surface area contributed by atoms with Crippen molar-refractivity contribution >= 4 is 11.9 Å². The summed E-state index contributed by atoms with van der Waals surface area (Å²) < 4.78 is 2.72. The first-order valence-electron chi connectivity index (χ1n) is 10.9. The van der Waals surface area contributed by atoms with Crippen LogP contribution in [0.2, 0.25) is 0 Å². The molecule has 33 heavy (non-hydrogen) atoms. The van der Waals surface area contributed by atoms with Crippen molar-refractivity contribution in [2.45, 2.75) is 32.0 Å². The van der Waals surface area contributed by atoms with Gasteiger partial charge >= 0.3 is 5.97 Å². The summed E-state index contributed by atoms with van der Waals surface area (Å²) in [5, 5.41) is 16.9. The maximum Gasteiger partial charge on any atom is 0.325 e. The molecule has 172 valence electrons. The Bertz CT molecular complexity index is 1190. The lowest BCUT2D eigenvalue weighted by Crippen LogP contribution is -2.45. The van der Waals surface area contributed by atoms with E-state index in [0.29, 0.717) is 17.1 Å². The van der Waals surface area contributed by atoms with Gasteiger partial charge in [0.05, 0.1) is 17.1 Å². The Hall–Kier alpha value is -3.72. The van der Waals surface area contributed by atoms with Crippen LogP contribution in [-0.4, -0.2) is 62.4 Å². The van der Waals surface area contributed by atoms with Crippen LogP contribution < -0.4 is 10.9 Å². The van der Waals surface area contributed by atoms with Gasteiger partial charge in [0.15, 0.2) is 0 Å². The monoisotopic (exact) mass is 449 g/mol. The van der Waals surface area contributed by atoms with Gasteiger partial charge in [-0.3, -0.25) is 23.6 Å². The van der Waals surface area contributed by atoms with Crippen molar-refractivity contribution < 1.29 is 14.7 Å². The van der Waals surface area contributed by atoms with Gasteiger partial charge in [-0.2, -0.15) is 5.10 Å². The highest BCUT2D eigenvalue weighted by atomic mass is 16.4. The lowest BCUT2D eigenvalue weighted by Gasteiger charge is -2.29. The highest BCUT2D eigenvalue weighted by molar-refractivity contribution is 5.77. The molecule has 1 amide bonds. The summed E-state index contributed by atoms with van der Waals surface area (Å²) in [7, 11) is 2.05. The molecule has 1 saturated heterocycles. The van der Waals surface area contributed by atoms with Crippen molar-refractivity contribution in [1.29, 1.82) is 0 Å². The second kappa shape index (κ2) is 9.83. The number of aromatic nitrogens is 3. The topological polar surface area (TPSA) is 109 Å². The molecule has 2 aromatic heterocycles. The number of benzene rings is 1. The Morgan fingerprint density at radius 2 is 1.76 bits per heavy atom. The number of nitrogens with zero attached hydrogens (tertiary/aromatic N) is 4. The molecule has 3 aromatic rings. The molecule has 4 rings (SSSR count). The number of nitrogens with one attached hydrogen (secondary N) is 1. The minimum atomic E-state index is -1.05. The van der Waals surface area contributed by atoms with Gasteiger partial charge in [-0.25, -0.2) is 0 Å². The molecule has 0 radical (unpaired) electrons. The number of hydrogen-bond acceptors (Lipinski definition) is 5. The third-order valence-corrected chi connectivity index (χ3v) is 5.83. The molecule has 3 heterocycles. The minimum absolute atomic E-state index is 0.0822. The average molecular weight is 450 g/mol. The zero-order valence-corrected chi connectivity index (χ0v) is 18.5. The zero-order chi connectivity index (χ0) is 23.4. The van der Waals surface area contributed by atoms with Crippen molar-refractivity contribution in [1.82, 2.24) is 24.6 Å². The summed E-state index contributed by atoms with van der Waals surface area (Å²) in [6, 6.07) is 15.9. The molecule has 1 aromatic carbocycles. The second-order valence-corrected chi connectivity index (χ2v) is 8.31. The normalized spacial score (nSPS) is 14.8. The van der Waals surface area contributed by atoms with E-state index >= 15 is 0 Å². The number of carboxylic acids is 1. The molecule has 0 bridgehead atoms. The highest BCUT2D eigenvalue weighted by Crippen LogP contribution is 2.26. The van der Waals surface area contributed by atoms with Crippen LogP contribution in [0.5, 0.6) is 0 Å². The summed E-state index contributed by atoms with van der Waals surface area (Å²) in [6.07, 6.45) is 1.73. The summed E-state index contributed by atoms with van der Waals surface area (Å²) in [4.78, 5) is 39.2. The van der Waals surface area contributed by atoms with Crippen LogP contribution in [0, 0.1) is 0 Å². The molecule has 9 heteroatoms. The second-order valence-electron chi connectivity index (χ2n) is 8.31. The van der Waals surface area contributed by atoms with Crippen molar-refractivity contribution in [3.05, 3.63) is 65.0 Å². The van der Waals surface area contributed by atoms with Crippen molar-refractivity contribution in [2.24, 2.45) is 0 Å².